The molecule has 0 fully saturated rings. The zero-order chi connectivity index (χ0) is 19.8. The fourth-order valence-electron chi connectivity index (χ4n) is 2.59. The third kappa shape index (κ3) is 5.23. The lowest BCUT2D eigenvalue weighted by atomic mass is 10.2. The molecule has 1 aromatic heterocycles. The van der Waals surface area contributed by atoms with E-state index in [0.29, 0.717) is 12.4 Å². The van der Waals surface area contributed by atoms with Crippen molar-refractivity contribution in [3.8, 4) is 16.9 Å². The van der Waals surface area contributed by atoms with Gasteiger partial charge in [0.2, 0.25) is 5.91 Å². The number of rotatable bonds is 8. The van der Waals surface area contributed by atoms with Crippen LogP contribution in [0.5, 0.6) is 0 Å². The minimum absolute atomic E-state index is 0.147. The van der Waals surface area contributed by atoms with Crippen molar-refractivity contribution < 1.29 is 14.3 Å². The number of carbonyl (C=O) groups is 2. The average molecular weight is 395 g/mol. The van der Waals surface area contributed by atoms with Gasteiger partial charge in [-0.15, -0.1) is 11.8 Å². The first-order valence-electron chi connectivity index (χ1n) is 8.91. The van der Waals surface area contributed by atoms with Gasteiger partial charge in [-0.2, -0.15) is 5.10 Å². The highest BCUT2D eigenvalue weighted by atomic mass is 32.2. The summed E-state index contributed by atoms with van der Waals surface area (Å²) in [5.74, 6) is 0.354. The molecule has 0 bridgehead atoms. The van der Waals surface area contributed by atoms with Gasteiger partial charge in [0.05, 0.1) is 29.5 Å². The highest BCUT2D eigenvalue weighted by Gasteiger charge is 2.14. The molecule has 0 radical (unpaired) electrons. The standard InChI is InChI=1S/C21H21N3O3S/c1-2-27-21(26)15-28-14-20(25)22-19-13-18(16-9-5-3-6-10-16)23-24(19)17-11-7-4-8-12-17/h3-13H,2,14-15H2,1H3,(H,22,25). The molecule has 144 valence electrons. The van der Waals surface area contributed by atoms with Crippen molar-refractivity contribution in [2.24, 2.45) is 0 Å². The number of hydrogen-bond donors (Lipinski definition) is 1. The first-order valence-corrected chi connectivity index (χ1v) is 10.1. The van der Waals surface area contributed by atoms with Crippen LogP contribution in [0, 0.1) is 0 Å². The van der Waals surface area contributed by atoms with Crippen LogP contribution < -0.4 is 5.32 Å². The molecule has 28 heavy (non-hydrogen) atoms. The number of nitrogens with zero attached hydrogens (tertiary/aromatic N) is 2. The van der Waals surface area contributed by atoms with Crippen molar-refractivity contribution in [1.82, 2.24) is 9.78 Å². The summed E-state index contributed by atoms with van der Waals surface area (Å²) in [4.78, 5) is 23.7. The molecule has 3 aromatic rings. The maximum atomic E-state index is 12.4. The third-order valence-electron chi connectivity index (χ3n) is 3.81. The van der Waals surface area contributed by atoms with Gasteiger partial charge in [0, 0.05) is 11.6 Å². The Morgan fingerprint density at radius 1 is 1.04 bits per heavy atom. The van der Waals surface area contributed by atoms with E-state index in [2.05, 4.69) is 10.4 Å². The van der Waals surface area contributed by atoms with Crippen molar-refractivity contribution >= 4 is 29.5 Å². The van der Waals surface area contributed by atoms with Crippen molar-refractivity contribution in [2.75, 3.05) is 23.4 Å². The SMILES string of the molecule is CCOC(=O)CSCC(=O)Nc1cc(-c2ccccc2)nn1-c1ccccc1. The van der Waals surface area contributed by atoms with Gasteiger partial charge in [-0.3, -0.25) is 9.59 Å². The van der Waals surface area contributed by atoms with Crippen LogP contribution in [0.2, 0.25) is 0 Å². The molecule has 0 aliphatic carbocycles. The summed E-state index contributed by atoms with van der Waals surface area (Å²) >= 11 is 1.22. The number of benzene rings is 2. The average Bonchev–Trinajstić information content (AvgIpc) is 3.13. The number of hydrogen-bond acceptors (Lipinski definition) is 5. The minimum Gasteiger partial charge on any atom is -0.465 e. The molecule has 0 saturated carbocycles. The monoisotopic (exact) mass is 395 g/mol. The van der Waals surface area contributed by atoms with Gasteiger partial charge in [-0.05, 0) is 19.1 Å². The van der Waals surface area contributed by atoms with Crippen LogP contribution in [0.15, 0.2) is 66.7 Å². The Balaban J connectivity index is 1.76. The Labute approximate surface area is 167 Å². The fourth-order valence-corrected chi connectivity index (χ4v) is 3.20. The predicted octanol–water partition coefficient (Wildman–Crippen LogP) is 3.77. The predicted molar refractivity (Wildman–Crippen MR) is 112 cm³/mol. The summed E-state index contributed by atoms with van der Waals surface area (Å²) in [6, 6.07) is 21.2. The van der Waals surface area contributed by atoms with Gasteiger partial charge in [0.15, 0.2) is 0 Å². The fraction of sp³-hybridized carbons (Fsp3) is 0.190. The van der Waals surface area contributed by atoms with E-state index >= 15 is 0 Å². The first kappa shape index (κ1) is 19.7. The second-order valence-corrected chi connectivity index (χ2v) is 6.86. The van der Waals surface area contributed by atoms with Crippen molar-refractivity contribution in [1.29, 1.82) is 0 Å². The van der Waals surface area contributed by atoms with Crippen molar-refractivity contribution in [2.45, 2.75) is 6.92 Å². The van der Waals surface area contributed by atoms with E-state index in [1.54, 1.807) is 11.6 Å². The molecule has 0 atom stereocenters. The summed E-state index contributed by atoms with van der Waals surface area (Å²) in [5.41, 5.74) is 2.57. The van der Waals surface area contributed by atoms with Gasteiger partial charge in [0.25, 0.3) is 0 Å². The van der Waals surface area contributed by atoms with Gasteiger partial charge in [0.1, 0.15) is 5.82 Å². The molecule has 2 aromatic carbocycles. The number of anilines is 1. The maximum absolute atomic E-state index is 12.4. The molecule has 1 heterocycles. The lowest BCUT2D eigenvalue weighted by molar-refractivity contribution is -0.139. The largest absolute Gasteiger partial charge is 0.465 e. The van der Waals surface area contributed by atoms with Crippen LogP contribution in [-0.2, 0) is 14.3 Å². The summed E-state index contributed by atoms with van der Waals surface area (Å²) in [7, 11) is 0. The van der Waals surface area contributed by atoms with E-state index in [1.807, 2.05) is 66.7 Å². The Morgan fingerprint density at radius 3 is 2.39 bits per heavy atom. The topological polar surface area (TPSA) is 73.2 Å². The molecule has 0 aliphatic rings. The minimum atomic E-state index is -0.319. The lowest BCUT2D eigenvalue weighted by Gasteiger charge is -2.08. The zero-order valence-electron chi connectivity index (χ0n) is 15.5. The Bertz CT molecular complexity index is 927. The Morgan fingerprint density at radius 2 is 1.71 bits per heavy atom. The molecule has 1 N–H and O–H groups in total. The van der Waals surface area contributed by atoms with Crippen LogP contribution in [0.25, 0.3) is 16.9 Å². The summed E-state index contributed by atoms with van der Waals surface area (Å²) in [6.07, 6.45) is 0. The van der Waals surface area contributed by atoms with Crippen LogP contribution >= 0.6 is 11.8 Å². The number of para-hydroxylation sites is 1. The molecular formula is C21H21N3O3S. The smallest absolute Gasteiger partial charge is 0.315 e. The Kier molecular flexibility index (Phi) is 6.86. The van der Waals surface area contributed by atoms with E-state index < -0.39 is 0 Å². The maximum Gasteiger partial charge on any atom is 0.315 e. The van der Waals surface area contributed by atoms with Crippen LogP contribution in [-0.4, -0.2) is 39.8 Å². The van der Waals surface area contributed by atoms with Gasteiger partial charge in [-0.25, -0.2) is 4.68 Å². The molecule has 3 rings (SSSR count). The van der Waals surface area contributed by atoms with E-state index in [1.165, 1.54) is 11.8 Å². The second-order valence-electron chi connectivity index (χ2n) is 5.87. The normalized spacial score (nSPS) is 10.5. The van der Waals surface area contributed by atoms with Crippen LogP contribution in [0.3, 0.4) is 0 Å². The van der Waals surface area contributed by atoms with E-state index in [0.717, 1.165) is 16.9 Å². The van der Waals surface area contributed by atoms with Crippen molar-refractivity contribution in [3.05, 3.63) is 66.7 Å². The van der Waals surface area contributed by atoms with Gasteiger partial charge >= 0.3 is 5.97 Å². The molecule has 0 spiro atoms. The van der Waals surface area contributed by atoms with Gasteiger partial charge in [-0.1, -0.05) is 48.5 Å². The third-order valence-corrected chi connectivity index (χ3v) is 4.71. The number of ether oxygens (including phenoxy) is 1. The highest BCUT2D eigenvalue weighted by Crippen LogP contribution is 2.24. The number of nitrogens with one attached hydrogen (secondary N) is 1. The molecule has 0 aliphatic heterocycles. The van der Waals surface area contributed by atoms with Crippen LogP contribution in [0.4, 0.5) is 5.82 Å². The number of thioether (sulfide) groups is 1. The molecular weight excluding hydrogens is 374 g/mol. The second kappa shape index (κ2) is 9.75. The number of amides is 1. The molecule has 0 saturated heterocycles. The molecule has 0 unspecified atom stereocenters. The van der Waals surface area contributed by atoms with E-state index in [9.17, 15) is 9.59 Å². The van der Waals surface area contributed by atoms with Crippen LogP contribution in [0.1, 0.15) is 6.92 Å². The quantitative estimate of drug-likeness (QED) is 0.588. The van der Waals surface area contributed by atoms with E-state index in [-0.39, 0.29) is 23.4 Å². The van der Waals surface area contributed by atoms with Crippen molar-refractivity contribution in [3.63, 3.8) is 0 Å². The van der Waals surface area contributed by atoms with E-state index in [4.69, 9.17) is 4.74 Å². The van der Waals surface area contributed by atoms with Gasteiger partial charge < -0.3 is 10.1 Å². The number of esters is 1. The summed E-state index contributed by atoms with van der Waals surface area (Å²) in [6.45, 7) is 2.09. The molecule has 1 amide bonds. The molecule has 7 heteroatoms. The molecule has 6 nitrogen and oxygen atoms in total. The Hall–Kier alpha value is -3.06. The first-order chi connectivity index (χ1) is 13.7. The summed E-state index contributed by atoms with van der Waals surface area (Å²) in [5, 5.41) is 7.55. The summed E-state index contributed by atoms with van der Waals surface area (Å²) < 4.78 is 6.57. The zero-order valence-corrected chi connectivity index (χ0v) is 16.3. The highest BCUT2D eigenvalue weighted by molar-refractivity contribution is 8.00. The number of carbonyl (C=O) groups excluding carboxylic acids is 2. The number of aromatic nitrogens is 2. The lowest BCUT2D eigenvalue weighted by Crippen LogP contribution is -2.18.